The molecule has 3 rings (SSSR count). The summed E-state index contributed by atoms with van der Waals surface area (Å²) in [5.41, 5.74) is 4.06. The van der Waals surface area contributed by atoms with Crippen LogP contribution in [0.1, 0.15) is 23.9 Å². The largest absolute Gasteiger partial charge is 0.494 e. The third-order valence-corrected chi connectivity index (χ3v) is 4.53. The molecule has 0 aliphatic heterocycles. The fourth-order valence-electron chi connectivity index (χ4n) is 3.05. The zero-order chi connectivity index (χ0) is 22.2. The third kappa shape index (κ3) is 5.82. The third-order valence-electron chi connectivity index (χ3n) is 4.53. The molecule has 160 valence electrons. The van der Waals surface area contributed by atoms with Crippen LogP contribution in [0, 0.1) is 13.8 Å². The van der Waals surface area contributed by atoms with E-state index in [1.54, 1.807) is 30.3 Å². The number of hydrogen-bond acceptors (Lipinski definition) is 5. The second-order valence-electron chi connectivity index (χ2n) is 6.78. The molecule has 31 heavy (non-hydrogen) atoms. The number of para-hydroxylation sites is 1. The van der Waals surface area contributed by atoms with Crippen LogP contribution in [0.4, 0.5) is 5.69 Å². The van der Waals surface area contributed by atoms with Gasteiger partial charge in [-0.05, 0) is 63.2 Å². The number of benzene rings is 2. The second kappa shape index (κ2) is 10.2. The van der Waals surface area contributed by atoms with Crippen LogP contribution in [-0.4, -0.2) is 34.9 Å². The first-order valence-corrected chi connectivity index (χ1v) is 9.97. The van der Waals surface area contributed by atoms with E-state index in [1.165, 1.54) is 6.08 Å². The van der Waals surface area contributed by atoms with Crippen LogP contribution in [-0.2, 0) is 14.3 Å². The number of amides is 1. The highest BCUT2D eigenvalue weighted by Gasteiger charge is 2.11. The van der Waals surface area contributed by atoms with E-state index in [9.17, 15) is 9.59 Å². The normalized spacial score (nSPS) is 10.8. The molecule has 0 saturated carbocycles. The molecule has 1 N–H and O–H groups in total. The fourth-order valence-corrected chi connectivity index (χ4v) is 3.05. The first-order chi connectivity index (χ1) is 15.0. The molecule has 7 heteroatoms. The number of aromatic nitrogens is 2. The van der Waals surface area contributed by atoms with Crippen LogP contribution in [0.15, 0.2) is 60.7 Å². The molecule has 1 aromatic heterocycles. The van der Waals surface area contributed by atoms with Gasteiger partial charge < -0.3 is 14.8 Å². The van der Waals surface area contributed by atoms with E-state index in [1.807, 2.05) is 55.8 Å². The smallest absolute Gasteiger partial charge is 0.331 e. The number of anilines is 1. The van der Waals surface area contributed by atoms with Gasteiger partial charge in [-0.15, -0.1) is 0 Å². The van der Waals surface area contributed by atoms with Crippen molar-refractivity contribution in [1.82, 2.24) is 9.78 Å². The summed E-state index contributed by atoms with van der Waals surface area (Å²) in [4.78, 5) is 24.1. The Bertz CT molecular complexity index is 1070. The van der Waals surface area contributed by atoms with Gasteiger partial charge in [0.15, 0.2) is 6.61 Å². The number of esters is 1. The van der Waals surface area contributed by atoms with Crippen LogP contribution in [0.5, 0.6) is 5.75 Å². The van der Waals surface area contributed by atoms with Gasteiger partial charge in [-0.2, -0.15) is 5.10 Å². The molecule has 0 spiro atoms. The van der Waals surface area contributed by atoms with Crippen molar-refractivity contribution in [2.24, 2.45) is 0 Å². The van der Waals surface area contributed by atoms with E-state index in [-0.39, 0.29) is 6.61 Å². The monoisotopic (exact) mass is 419 g/mol. The van der Waals surface area contributed by atoms with E-state index in [2.05, 4.69) is 10.4 Å². The first-order valence-electron chi connectivity index (χ1n) is 9.97. The summed E-state index contributed by atoms with van der Waals surface area (Å²) in [6.45, 7) is 5.90. The van der Waals surface area contributed by atoms with Gasteiger partial charge in [0, 0.05) is 23.0 Å². The minimum atomic E-state index is -0.604. The molecule has 0 atom stereocenters. The highest BCUT2D eigenvalue weighted by atomic mass is 16.5. The highest BCUT2D eigenvalue weighted by molar-refractivity contribution is 5.94. The van der Waals surface area contributed by atoms with Crippen molar-refractivity contribution in [3.63, 3.8) is 0 Å². The van der Waals surface area contributed by atoms with Crippen LogP contribution >= 0.6 is 0 Å². The van der Waals surface area contributed by atoms with Crippen molar-refractivity contribution in [1.29, 1.82) is 0 Å². The summed E-state index contributed by atoms with van der Waals surface area (Å²) in [5, 5.41) is 7.21. The molecule has 0 aliphatic rings. The summed E-state index contributed by atoms with van der Waals surface area (Å²) in [6, 6.07) is 16.7. The van der Waals surface area contributed by atoms with Crippen LogP contribution in [0.2, 0.25) is 0 Å². The van der Waals surface area contributed by atoms with Crippen molar-refractivity contribution < 1.29 is 19.1 Å². The lowest BCUT2D eigenvalue weighted by Gasteiger charge is -2.07. The number of hydrogen-bond donors (Lipinski definition) is 1. The van der Waals surface area contributed by atoms with Crippen molar-refractivity contribution >= 4 is 23.6 Å². The molecule has 0 fully saturated rings. The Hall–Kier alpha value is -3.87. The number of ether oxygens (including phenoxy) is 2. The second-order valence-corrected chi connectivity index (χ2v) is 6.78. The Kier molecular flexibility index (Phi) is 7.22. The van der Waals surface area contributed by atoms with Crippen LogP contribution in [0.3, 0.4) is 0 Å². The number of nitrogens with zero attached hydrogens (tertiary/aromatic N) is 2. The van der Waals surface area contributed by atoms with Crippen LogP contribution in [0.25, 0.3) is 11.8 Å². The maximum Gasteiger partial charge on any atom is 0.331 e. The molecule has 0 aliphatic carbocycles. The highest BCUT2D eigenvalue weighted by Crippen LogP contribution is 2.19. The molecule has 1 amide bonds. The first kappa shape index (κ1) is 21.8. The Morgan fingerprint density at radius 2 is 1.77 bits per heavy atom. The molecule has 0 saturated heterocycles. The van der Waals surface area contributed by atoms with Crippen molar-refractivity contribution in [3.05, 3.63) is 77.6 Å². The van der Waals surface area contributed by atoms with E-state index in [0.29, 0.717) is 12.3 Å². The summed E-state index contributed by atoms with van der Waals surface area (Å²) in [5.74, 6) is -0.304. The molecular formula is C24H25N3O4. The number of carbonyl (C=O) groups is 2. The zero-order valence-corrected chi connectivity index (χ0v) is 17.8. The molecule has 3 aromatic rings. The number of aryl methyl sites for hydroxylation is 1. The quantitative estimate of drug-likeness (QED) is 0.439. The van der Waals surface area contributed by atoms with E-state index >= 15 is 0 Å². The van der Waals surface area contributed by atoms with Gasteiger partial charge in [0.2, 0.25) is 0 Å². The van der Waals surface area contributed by atoms with Gasteiger partial charge in [-0.1, -0.05) is 18.2 Å². The Labute approximate surface area is 181 Å². The van der Waals surface area contributed by atoms with Gasteiger partial charge >= 0.3 is 5.97 Å². The van der Waals surface area contributed by atoms with E-state index in [4.69, 9.17) is 9.47 Å². The van der Waals surface area contributed by atoms with Crippen molar-refractivity contribution in [3.8, 4) is 11.4 Å². The molecule has 2 aromatic carbocycles. The van der Waals surface area contributed by atoms with Gasteiger partial charge in [-0.25, -0.2) is 9.48 Å². The lowest BCUT2D eigenvalue weighted by atomic mass is 10.2. The maximum atomic E-state index is 12.1. The van der Waals surface area contributed by atoms with E-state index < -0.39 is 11.9 Å². The zero-order valence-electron chi connectivity index (χ0n) is 17.8. The minimum Gasteiger partial charge on any atom is -0.494 e. The standard InChI is InChI=1S/C24H25N3O4/c1-4-30-21-12-10-19(11-13-21)25-23(28)16-31-24(29)15-14-22-17(2)26-27(18(22)3)20-8-6-5-7-9-20/h5-15H,4,16H2,1-3H3,(H,25,28)/b15-14+. The molecule has 7 nitrogen and oxygen atoms in total. The number of nitrogens with one attached hydrogen (secondary N) is 1. The average Bonchev–Trinajstić information content (AvgIpc) is 3.06. The summed E-state index contributed by atoms with van der Waals surface area (Å²) in [6.07, 6.45) is 2.96. The van der Waals surface area contributed by atoms with E-state index in [0.717, 1.165) is 28.4 Å². The Balaban J connectivity index is 1.55. The molecule has 0 bridgehead atoms. The molecule has 1 heterocycles. The SMILES string of the molecule is CCOc1ccc(NC(=O)COC(=O)/C=C/c2c(C)nn(-c3ccccc3)c2C)cc1. The van der Waals surface area contributed by atoms with Crippen molar-refractivity contribution in [2.75, 3.05) is 18.5 Å². The minimum absolute atomic E-state index is 0.377. The summed E-state index contributed by atoms with van der Waals surface area (Å²) in [7, 11) is 0. The van der Waals surface area contributed by atoms with Gasteiger partial charge in [0.05, 0.1) is 18.0 Å². The maximum absolute atomic E-state index is 12.1. The van der Waals surface area contributed by atoms with Gasteiger partial charge in [-0.3, -0.25) is 4.79 Å². The molecule has 0 radical (unpaired) electrons. The lowest BCUT2D eigenvalue weighted by Crippen LogP contribution is -2.20. The lowest BCUT2D eigenvalue weighted by molar-refractivity contribution is -0.142. The Morgan fingerprint density at radius 1 is 1.06 bits per heavy atom. The average molecular weight is 419 g/mol. The predicted molar refractivity (Wildman–Crippen MR) is 119 cm³/mol. The Morgan fingerprint density at radius 3 is 2.45 bits per heavy atom. The van der Waals surface area contributed by atoms with Gasteiger partial charge in [0.1, 0.15) is 5.75 Å². The number of carbonyl (C=O) groups excluding carboxylic acids is 2. The summed E-state index contributed by atoms with van der Waals surface area (Å²) < 4.78 is 12.2. The predicted octanol–water partition coefficient (Wildman–Crippen LogP) is 4.08. The fraction of sp³-hybridized carbons (Fsp3) is 0.208. The van der Waals surface area contributed by atoms with Crippen LogP contribution < -0.4 is 10.1 Å². The topological polar surface area (TPSA) is 82.4 Å². The summed E-state index contributed by atoms with van der Waals surface area (Å²) >= 11 is 0. The van der Waals surface area contributed by atoms with Gasteiger partial charge in [0.25, 0.3) is 5.91 Å². The molecule has 0 unspecified atom stereocenters. The number of rotatable bonds is 8. The molecular weight excluding hydrogens is 394 g/mol. The van der Waals surface area contributed by atoms with Crippen molar-refractivity contribution in [2.45, 2.75) is 20.8 Å².